The SMILES string of the molecule is Oc1ccc(-c2nc3c4cc(F)ccc4ncn3n2)cc1. The van der Waals surface area contributed by atoms with Crippen LogP contribution in [0.25, 0.3) is 27.9 Å². The van der Waals surface area contributed by atoms with Crippen molar-refractivity contribution in [1.82, 2.24) is 19.6 Å². The molecule has 4 rings (SSSR count). The Hall–Kier alpha value is -3.02. The molecule has 0 aliphatic carbocycles. The number of phenolic OH excluding ortho intramolecular Hbond substituents is 1. The van der Waals surface area contributed by atoms with Crippen LogP contribution in [0.2, 0.25) is 0 Å². The van der Waals surface area contributed by atoms with Gasteiger partial charge < -0.3 is 5.11 Å². The lowest BCUT2D eigenvalue weighted by atomic mass is 10.2. The van der Waals surface area contributed by atoms with Crippen LogP contribution in [-0.2, 0) is 0 Å². The number of phenols is 1. The number of hydrogen-bond acceptors (Lipinski definition) is 4. The van der Waals surface area contributed by atoms with Gasteiger partial charge in [0.05, 0.1) is 5.52 Å². The number of nitrogens with zero attached hydrogens (tertiary/aromatic N) is 4. The lowest BCUT2D eigenvalue weighted by Gasteiger charge is -1.97. The summed E-state index contributed by atoms with van der Waals surface area (Å²) < 4.78 is 14.9. The molecule has 21 heavy (non-hydrogen) atoms. The highest BCUT2D eigenvalue weighted by Gasteiger charge is 2.10. The van der Waals surface area contributed by atoms with Gasteiger partial charge in [-0.25, -0.2) is 18.9 Å². The van der Waals surface area contributed by atoms with Gasteiger partial charge >= 0.3 is 0 Å². The summed E-state index contributed by atoms with van der Waals surface area (Å²) in [6.07, 6.45) is 1.55. The van der Waals surface area contributed by atoms with Gasteiger partial charge in [-0.3, -0.25) is 0 Å². The van der Waals surface area contributed by atoms with E-state index in [0.29, 0.717) is 22.4 Å². The Morgan fingerprint density at radius 2 is 1.86 bits per heavy atom. The predicted molar refractivity (Wildman–Crippen MR) is 75.3 cm³/mol. The second-order valence-corrected chi connectivity index (χ2v) is 4.66. The quantitative estimate of drug-likeness (QED) is 0.582. The summed E-state index contributed by atoms with van der Waals surface area (Å²) >= 11 is 0. The number of benzene rings is 2. The van der Waals surface area contributed by atoms with Crippen molar-refractivity contribution in [2.75, 3.05) is 0 Å². The van der Waals surface area contributed by atoms with E-state index in [0.717, 1.165) is 5.56 Å². The minimum absolute atomic E-state index is 0.178. The Morgan fingerprint density at radius 3 is 2.67 bits per heavy atom. The highest BCUT2D eigenvalue weighted by molar-refractivity contribution is 5.91. The van der Waals surface area contributed by atoms with Crippen LogP contribution in [0, 0.1) is 5.82 Å². The van der Waals surface area contributed by atoms with E-state index in [1.54, 1.807) is 36.7 Å². The molecule has 0 saturated carbocycles. The maximum Gasteiger partial charge on any atom is 0.182 e. The monoisotopic (exact) mass is 280 g/mol. The smallest absolute Gasteiger partial charge is 0.182 e. The van der Waals surface area contributed by atoms with E-state index in [9.17, 15) is 9.50 Å². The number of rotatable bonds is 1. The van der Waals surface area contributed by atoms with Gasteiger partial charge in [0.25, 0.3) is 0 Å². The van der Waals surface area contributed by atoms with Crippen LogP contribution in [0.15, 0.2) is 48.8 Å². The molecule has 2 heterocycles. The van der Waals surface area contributed by atoms with Crippen LogP contribution in [0.1, 0.15) is 0 Å². The number of aromatic nitrogens is 4. The summed E-state index contributed by atoms with van der Waals surface area (Å²) in [7, 11) is 0. The van der Waals surface area contributed by atoms with Gasteiger partial charge in [0, 0.05) is 10.9 Å². The lowest BCUT2D eigenvalue weighted by molar-refractivity contribution is 0.475. The maximum atomic E-state index is 13.4. The molecule has 1 N–H and O–H groups in total. The lowest BCUT2D eigenvalue weighted by Crippen LogP contribution is -1.91. The molecular formula is C15H9FN4O. The molecule has 0 fully saturated rings. The van der Waals surface area contributed by atoms with Crippen molar-refractivity contribution in [2.24, 2.45) is 0 Å². The molecule has 6 heteroatoms. The van der Waals surface area contributed by atoms with Crippen molar-refractivity contribution in [2.45, 2.75) is 0 Å². The van der Waals surface area contributed by atoms with Crippen molar-refractivity contribution in [3.8, 4) is 17.1 Å². The van der Waals surface area contributed by atoms with Gasteiger partial charge in [-0.2, -0.15) is 0 Å². The third-order valence-corrected chi connectivity index (χ3v) is 3.26. The molecule has 2 aromatic carbocycles. The Labute approximate surface area is 118 Å². The van der Waals surface area contributed by atoms with E-state index in [2.05, 4.69) is 15.1 Å². The van der Waals surface area contributed by atoms with Crippen molar-refractivity contribution >= 4 is 16.6 Å². The van der Waals surface area contributed by atoms with Crippen molar-refractivity contribution < 1.29 is 9.50 Å². The molecule has 0 bridgehead atoms. The molecule has 0 spiro atoms. The molecule has 0 aliphatic rings. The Kier molecular flexibility index (Phi) is 2.38. The van der Waals surface area contributed by atoms with E-state index in [1.807, 2.05) is 0 Å². The van der Waals surface area contributed by atoms with E-state index >= 15 is 0 Å². The molecule has 0 radical (unpaired) electrons. The average molecular weight is 280 g/mol. The summed E-state index contributed by atoms with van der Waals surface area (Å²) in [6.45, 7) is 0. The second-order valence-electron chi connectivity index (χ2n) is 4.66. The van der Waals surface area contributed by atoms with Crippen LogP contribution in [0.4, 0.5) is 4.39 Å². The van der Waals surface area contributed by atoms with E-state index in [-0.39, 0.29) is 11.6 Å². The van der Waals surface area contributed by atoms with Gasteiger partial charge in [-0.15, -0.1) is 5.10 Å². The van der Waals surface area contributed by atoms with E-state index in [4.69, 9.17) is 0 Å². The molecule has 2 aromatic heterocycles. The van der Waals surface area contributed by atoms with Gasteiger partial charge in [0.1, 0.15) is 17.9 Å². The Balaban J connectivity index is 1.99. The Morgan fingerprint density at radius 1 is 1.05 bits per heavy atom. The third kappa shape index (κ3) is 1.88. The first-order valence-electron chi connectivity index (χ1n) is 6.31. The normalized spacial score (nSPS) is 11.3. The van der Waals surface area contributed by atoms with Crippen molar-refractivity contribution in [1.29, 1.82) is 0 Å². The summed E-state index contributed by atoms with van der Waals surface area (Å²) in [5.74, 6) is 0.330. The first-order valence-corrected chi connectivity index (χ1v) is 6.31. The topological polar surface area (TPSA) is 63.3 Å². The number of fused-ring (bicyclic) bond motifs is 3. The Bertz CT molecular complexity index is 963. The van der Waals surface area contributed by atoms with Crippen LogP contribution in [0.3, 0.4) is 0 Å². The summed E-state index contributed by atoms with van der Waals surface area (Å²) in [5, 5.41) is 14.3. The molecule has 0 unspecified atom stereocenters. The molecule has 0 atom stereocenters. The second kappa shape index (κ2) is 4.24. The summed E-state index contributed by atoms with van der Waals surface area (Å²) in [4.78, 5) is 8.67. The first kappa shape index (κ1) is 11.8. The zero-order valence-corrected chi connectivity index (χ0v) is 10.7. The van der Waals surface area contributed by atoms with Crippen LogP contribution < -0.4 is 0 Å². The highest BCUT2D eigenvalue weighted by Crippen LogP contribution is 2.22. The predicted octanol–water partition coefficient (Wildman–Crippen LogP) is 2.79. The fourth-order valence-corrected chi connectivity index (χ4v) is 2.24. The molecule has 0 aliphatic heterocycles. The largest absolute Gasteiger partial charge is 0.508 e. The highest BCUT2D eigenvalue weighted by atomic mass is 19.1. The molecule has 5 nitrogen and oxygen atoms in total. The molecule has 102 valence electrons. The third-order valence-electron chi connectivity index (χ3n) is 3.26. The molecular weight excluding hydrogens is 271 g/mol. The summed E-state index contributed by atoms with van der Waals surface area (Å²) in [6, 6.07) is 10.9. The van der Waals surface area contributed by atoms with Crippen LogP contribution in [0.5, 0.6) is 5.75 Å². The molecule has 0 saturated heterocycles. The van der Waals surface area contributed by atoms with Gasteiger partial charge in [-0.05, 0) is 42.5 Å². The molecule has 4 aromatic rings. The molecule has 0 amide bonds. The van der Waals surface area contributed by atoms with Gasteiger partial charge in [0.15, 0.2) is 11.5 Å². The zero-order valence-electron chi connectivity index (χ0n) is 10.7. The van der Waals surface area contributed by atoms with Gasteiger partial charge in [-0.1, -0.05) is 0 Å². The minimum atomic E-state index is -0.341. The number of halogens is 1. The van der Waals surface area contributed by atoms with Crippen LogP contribution in [-0.4, -0.2) is 24.7 Å². The van der Waals surface area contributed by atoms with Gasteiger partial charge in [0.2, 0.25) is 0 Å². The number of aromatic hydroxyl groups is 1. The summed E-state index contributed by atoms with van der Waals surface area (Å²) in [5.41, 5.74) is 1.97. The van der Waals surface area contributed by atoms with E-state index < -0.39 is 0 Å². The minimum Gasteiger partial charge on any atom is -0.508 e. The van der Waals surface area contributed by atoms with Crippen LogP contribution >= 0.6 is 0 Å². The van der Waals surface area contributed by atoms with Crippen molar-refractivity contribution in [3.63, 3.8) is 0 Å². The first-order chi connectivity index (χ1) is 10.2. The zero-order chi connectivity index (χ0) is 14.4. The maximum absolute atomic E-state index is 13.4. The average Bonchev–Trinajstić information content (AvgIpc) is 2.92. The number of hydrogen-bond donors (Lipinski definition) is 1. The standard InChI is InChI=1S/C15H9FN4O/c16-10-3-6-13-12(7-10)15-18-14(19-20(15)8-17-13)9-1-4-11(21)5-2-9/h1-8,21H. The fraction of sp³-hybridized carbons (Fsp3) is 0. The van der Waals surface area contributed by atoms with E-state index in [1.165, 1.54) is 16.6 Å². The van der Waals surface area contributed by atoms with Crippen molar-refractivity contribution in [3.05, 3.63) is 54.6 Å². The fourth-order valence-electron chi connectivity index (χ4n) is 2.24.